The van der Waals surface area contributed by atoms with E-state index >= 15 is 0 Å². The van der Waals surface area contributed by atoms with Gasteiger partial charge in [0.1, 0.15) is 5.69 Å². The van der Waals surface area contributed by atoms with Gasteiger partial charge < -0.3 is 14.5 Å². The topological polar surface area (TPSA) is 87.1 Å². The van der Waals surface area contributed by atoms with Crippen LogP contribution in [0.2, 0.25) is 0 Å². The Hall–Kier alpha value is -2.45. The molecule has 0 radical (unpaired) electrons. The average Bonchev–Trinajstić information content (AvgIpc) is 3.14. The molecule has 2 aromatic heterocycles. The third-order valence-corrected chi connectivity index (χ3v) is 3.88. The maximum absolute atomic E-state index is 12.0. The van der Waals surface area contributed by atoms with E-state index in [4.69, 9.17) is 9.15 Å². The van der Waals surface area contributed by atoms with Gasteiger partial charge in [-0.05, 0) is 12.1 Å². The lowest BCUT2D eigenvalue weighted by molar-refractivity contribution is 0.0158. The summed E-state index contributed by atoms with van der Waals surface area (Å²) >= 11 is 0. The Kier molecular flexibility index (Phi) is 3.68. The van der Waals surface area contributed by atoms with Crippen molar-refractivity contribution in [1.29, 1.82) is 0 Å². The quantitative estimate of drug-likeness (QED) is 0.741. The van der Waals surface area contributed by atoms with E-state index in [1.165, 1.54) is 0 Å². The smallest absolute Gasteiger partial charge is 0.408 e. The van der Waals surface area contributed by atoms with Crippen molar-refractivity contribution in [1.82, 2.24) is 24.9 Å². The summed E-state index contributed by atoms with van der Waals surface area (Å²) in [6, 6.07) is 7.34. The number of morpholine rings is 1. The Morgan fingerprint density at radius 2 is 2.26 bits per heavy atom. The largest absolute Gasteiger partial charge is 0.420 e. The van der Waals surface area contributed by atoms with Gasteiger partial charge in [-0.2, -0.15) is 0 Å². The molecule has 1 N–H and O–H groups in total. The molecule has 1 saturated heterocycles. The predicted molar refractivity (Wildman–Crippen MR) is 82.2 cm³/mol. The predicted octanol–water partition coefficient (Wildman–Crippen LogP) is 0.223. The molecule has 0 spiro atoms. The molecule has 0 bridgehead atoms. The van der Waals surface area contributed by atoms with E-state index < -0.39 is 0 Å². The minimum Gasteiger partial charge on any atom is -0.408 e. The lowest BCUT2D eigenvalue weighted by atomic mass is 10.3. The van der Waals surface area contributed by atoms with Gasteiger partial charge in [0.05, 0.1) is 37.5 Å². The molecule has 1 aliphatic rings. The highest BCUT2D eigenvalue weighted by atomic mass is 16.5. The van der Waals surface area contributed by atoms with Gasteiger partial charge in [-0.1, -0.05) is 17.3 Å². The van der Waals surface area contributed by atoms with E-state index in [9.17, 15) is 4.79 Å². The molecule has 1 atom stereocenters. The van der Waals surface area contributed by atoms with E-state index in [-0.39, 0.29) is 11.9 Å². The summed E-state index contributed by atoms with van der Waals surface area (Å²) in [7, 11) is 0. The van der Waals surface area contributed by atoms with E-state index in [1.54, 1.807) is 15.3 Å². The Morgan fingerprint density at radius 1 is 1.35 bits per heavy atom. The molecule has 3 aromatic rings. The second kappa shape index (κ2) is 5.98. The number of benzene rings is 1. The number of para-hydroxylation sites is 2. The minimum absolute atomic E-state index is 0.0933. The van der Waals surface area contributed by atoms with Crippen LogP contribution < -0.4 is 11.1 Å². The molecule has 8 heteroatoms. The molecule has 4 rings (SSSR count). The second-order valence-corrected chi connectivity index (χ2v) is 5.55. The maximum Gasteiger partial charge on any atom is 0.420 e. The number of ether oxygens (including phenoxy) is 1. The molecule has 0 amide bonds. The van der Waals surface area contributed by atoms with Crippen molar-refractivity contribution in [2.45, 2.75) is 19.2 Å². The van der Waals surface area contributed by atoms with E-state index in [1.807, 2.05) is 24.4 Å². The monoisotopic (exact) mass is 315 g/mol. The first-order valence-corrected chi connectivity index (χ1v) is 7.59. The molecule has 1 unspecified atom stereocenters. The van der Waals surface area contributed by atoms with Crippen molar-refractivity contribution in [2.75, 3.05) is 19.7 Å². The van der Waals surface area contributed by atoms with Crippen LogP contribution >= 0.6 is 0 Å². The van der Waals surface area contributed by atoms with Gasteiger partial charge in [0.2, 0.25) is 0 Å². The number of hydrogen-bond donors (Lipinski definition) is 1. The molecule has 0 saturated carbocycles. The van der Waals surface area contributed by atoms with Crippen LogP contribution in [0.1, 0.15) is 5.69 Å². The van der Waals surface area contributed by atoms with Gasteiger partial charge >= 0.3 is 5.76 Å². The van der Waals surface area contributed by atoms with Crippen molar-refractivity contribution in [3.8, 4) is 0 Å². The summed E-state index contributed by atoms with van der Waals surface area (Å²) < 4.78 is 14.2. The third-order valence-electron chi connectivity index (χ3n) is 3.88. The van der Waals surface area contributed by atoms with E-state index in [2.05, 4.69) is 15.6 Å². The van der Waals surface area contributed by atoms with Crippen molar-refractivity contribution in [3.05, 3.63) is 46.7 Å². The third kappa shape index (κ3) is 2.90. The summed E-state index contributed by atoms with van der Waals surface area (Å²) in [6.07, 6.45) is 1.93. The molecule has 1 aliphatic heterocycles. The first-order chi connectivity index (χ1) is 11.3. The second-order valence-electron chi connectivity index (χ2n) is 5.55. The maximum atomic E-state index is 12.0. The number of aromatic nitrogens is 4. The van der Waals surface area contributed by atoms with Crippen molar-refractivity contribution < 1.29 is 9.15 Å². The average molecular weight is 315 g/mol. The van der Waals surface area contributed by atoms with Crippen molar-refractivity contribution >= 4 is 11.1 Å². The van der Waals surface area contributed by atoms with Crippen LogP contribution in [-0.4, -0.2) is 45.4 Å². The Bertz CT molecular complexity index is 859. The Morgan fingerprint density at radius 3 is 3.13 bits per heavy atom. The Balaban J connectivity index is 1.52. The van der Waals surface area contributed by atoms with Crippen LogP contribution in [0.4, 0.5) is 0 Å². The number of nitrogens with one attached hydrogen (secondary N) is 1. The van der Waals surface area contributed by atoms with Gasteiger partial charge in [-0.25, -0.2) is 9.48 Å². The molecule has 0 aliphatic carbocycles. The molecule has 1 aromatic carbocycles. The first kappa shape index (κ1) is 14.2. The van der Waals surface area contributed by atoms with E-state index in [0.29, 0.717) is 31.0 Å². The molecule has 8 nitrogen and oxygen atoms in total. The number of hydrogen-bond acceptors (Lipinski definition) is 6. The number of fused-ring (bicyclic) bond motifs is 1. The molecule has 3 heterocycles. The standard InChI is InChI=1S/C15H17N5O3/c21-15-20(13-3-1-2-4-14(13)23-15)9-11-8-19(18-17-11)10-12-7-16-5-6-22-12/h1-4,8,12,16H,5-7,9-10H2. The molecular formula is C15H17N5O3. The van der Waals surface area contributed by atoms with Crippen LogP contribution in [0, 0.1) is 0 Å². The summed E-state index contributed by atoms with van der Waals surface area (Å²) in [5.41, 5.74) is 2.04. The fraction of sp³-hybridized carbons (Fsp3) is 0.400. The minimum atomic E-state index is -0.388. The normalized spacial score (nSPS) is 18.5. The van der Waals surface area contributed by atoms with Gasteiger partial charge in [-0.3, -0.25) is 4.57 Å². The van der Waals surface area contributed by atoms with Crippen molar-refractivity contribution in [2.24, 2.45) is 0 Å². The van der Waals surface area contributed by atoms with Crippen LogP contribution in [0.15, 0.2) is 39.7 Å². The number of rotatable bonds is 4. The fourth-order valence-electron chi connectivity index (χ4n) is 2.77. The summed E-state index contributed by atoms with van der Waals surface area (Å²) in [6.45, 7) is 3.37. The van der Waals surface area contributed by atoms with Gasteiger partial charge in [0.15, 0.2) is 5.58 Å². The Labute approximate surface area is 131 Å². The van der Waals surface area contributed by atoms with Crippen LogP contribution in [-0.2, 0) is 17.8 Å². The van der Waals surface area contributed by atoms with Crippen LogP contribution in [0.3, 0.4) is 0 Å². The zero-order chi connectivity index (χ0) is 15.6. The lowest BCUT2D eigenvalue weighted by Gasteiger charge is -2.23. The summed E-state index contributed by atoms with van der Waals surface area (Å²) in [5, 5.41) is 11.5. The molecule has 120 valence electrons. The fourth-order valence-corrected chi connectivity index (χ4v) is 2.77. The SMILES string of the molecule is O=c1oc2ccccc2n1Cc1cn(CC2CNCCO2)nn1. The number of nitrogens with zero attached hydrogens (tertiary/aromatic N) is 4. The molecule has 23 heavy (non-hydrogen) atoms. The van der Waals surface area contributed by atoms with Gasteiger partial charge in [0, 0.05) is 13.1 Å². The zero-order valence-corrected chi connectivity index (χ0v) is 12.5. The van der Waals surface area contributed by atoms with E-state index in [0.717, 1.165) is 18.6 Å². The van der Waals surface area contributed by atoms with Crippen LogP contribution in [0.25, 0.3) is 11.1 Å². The van der Waals surface area contributed by atoms with Gasteiger partial charge in [0.25, 0.3) is 0 Å². The summed E-state index contributed by atoms with van der Waals surface area (Å²) in [4.78, 5) is 12.0. The first-order valence-electron chi connectivity index (χ1n) is 7.59. The lowest BCUT2D eigenvalue weighted by Crippen LogP contribution is -2.40. The summed E-state index contributed by atoms with van der Waals surface area (Å²) in [5.74, 6) is -0.388. The highest BCUT2D eigenvalue weighted by molar-refractivity contribution is 5.72. The van der Waals surface area contributed by atoms with Crippen molar-refractivity contribution in [3.63, 3.8) is 0 Å². The van der Waals surface area contributed by atoms with Gasteiger partial charge in [-0.15, -0.1) is 5.10 Å². The number of oxazole rings is 1. The highest BCUT2D eigenvalue weighted by Crippen LogP contribution is 2.13. The molecule has 1 fully saturated rings. The molecular weight excluding hydrogens is 298 g/mol. The highest BCUT2D eigenvalue weighted by Gasteiger charge is 2.16. The zero-order valence-electron chi connectivity index (χ0n) is 12.5. The van der Waals surface area contributed by atoms with Crippen LogP contribution in [0.5, 0.6) is 0 Å².